The summed E-state index contributed by atoms with van der Waals surface area (Å²) in [4.78, 5) is 19.3. The molecule has 0 spiro atoms. The molecule has 1 aromatic carbocycles. The Kier molecular flexibility index (Phi) is 5.56. The average Bonchev–Trinajstić information content (AvgIpc) is 3.11. The van der Waals surface area contributed by atoms with Crippen LogP contribution < -0.4 is 4.74 Å². The Labute approximate surface area is 154 Å². The smallest absolute Gasteiger partial charge is 0.223 e. The number of nitrogens with zero attached hydrogens (tertiary/aromatic N) is 3. The average molecular weight is 351 g/mol. The van der Waals surface area contributed by atoms with Gasteiger partial charge >= 0.3 is 0 Å². The molecule has 3 aromatic rings. The second-order valence-electron chi connectivity index (χ2n) is 6.18. The van der Waals surface area contributed by atoms with Crippen LogP contribution in [0.1, 0.15) is 37.4 Å². The molecule has 0 saturated carbocycles. The van der Waals surface area contributed by atoms with Crippen LogP contribution in [0.3, 0.4) is 0 Å². The van der Waals surface area contributed by atoms with E-state index in [0.29, 0.717) is 19.5 Å². The Morgan fingerprint density at radius 2 is 1.88 bits per heavy atom. The molecule has 5 heteroatoms. The van der Waals surface area contributed by atoms with E-state index >= 15 is 0 Å². The molecule has 136 valence electrons. The number of para-hydroxylation sites is 1. The van der Waals surface area contributed by atoms with Crippen LogP contribution in [0.25, 0.3) is 5.65 Å². The van der Waals surface area contributed by atoms with E-state index in [1.807, 2.05) is 78.0 Å². The minimum absolute atomic E-state index is 0.128. The van der Waals surface area contributed by atoms with Gasteiger partial charge in [-0.15, -0.1) is 0 Å². The molecule has 0 fully saturated rings. The molecule has 0 saturated heterocycles. The van der Waals surface area contributed by atoms with Gasteiger partial charge in [0, 0.05) is 43.4 Å². The number of carbonyl (C=O) groups is 1. The van der Waals surface area contributed by atoms with Gasteiger partial charge < -0.3 is 14.0 Å². The van der Waals surface area contributed by atoms with Crippen LogP contribution in [0.2, 0.25) is 0 Å². The topological polar surface area (TPSA) is 46.8 Å². The third kappa shape index (κ3) is 3.43. The van der Waals surface area contributed by atoms with Gasteiger partial charge in [-0.05, 0) is 32.0 Å². The molecule has 0 N–H and O–H groups in total. The zero-order chi connectivity index (χ0) is 18.5. The highest BCUT2D eigenvalue weighted by Crippen LogP contribution is 2.35. The van der Waals surface area contributed by atoms with Crippen LogP contribution in [0, 0.1) is 0 Å². The van der Waals surface area contributed by atoms with Crippen LogP contribution in [0.5, 0.6) is 5.75 Å². The third-order valence-corrected chi connectivity index (χ3v) is 4.81. The van der Waals surface area contributed by atoms with Gasteiger partial charge in [0.2, 0.25) is 5.91 Å². The molecule has 0 aliphatic carbocycles. The van der Waals surface area contributed by atoms with Gasteiger partial charge in [-0.25, -0.2) is 4.98 Å². The minimum Gasteiger partial charge on any atom is -0.496 e. The predicted molar refractivity (Wildman–Crippen MR) is 103 cm³/mol. The van der Waals surface area contributed by atoms with Gasteiger partial charge in [0.15, 0.2) is 0 Å². The van der Waals surface area contributed by atoms with Crippen molar-refractivity contribution < 1.29 is 9.53 Å². The van der Waals surface area contributed by atoms with E-state index in [-0.39, 0.29) is 11.8 Å². The number of pyridine rings is 1. The first-order valence-corrected chi connectivity index (χ1v) is 9.02. The maximum atomic E-state index is 12.9. The highest BCUT2D eigenvalue weighted by atomic mass is 16.5. The number of imidazole rings is 1. The molecule has 2 heterocycles. The number of aromatic nitrogens is 2. The lowest BCUT2D eigenvalue weighted by atomic mass is 9.91. The Morgan fingerprint density at radius 1 is 1.15 bits per heavy atom. The maximum absolute atomic E-state index is 12.9. The van der Waals surface area contributed by atoms with Crippen molar-refractivity contribution in [2.24, 2.45) is 0 Å². The standard InChI is InChI=1S/C21H25N3O2/c1-4-23(5-2)21(25)14-17(16-10-6-7-11-19(16)26-3)18-15-22-20-12-8-9-13-24(18)20/h6-13,15,17H,4-5,14H2,1-3H3. The molecule has 0 bridgehead atoms. The quantitative estimate of drug-likeness (QED) is 0.651. The molecule has 1 amide bonds. The predicted octanol–water partition coefficient (Wildman–Crippen LogP) is 3.73. The maximum Gasteiger partial charge on any atom is 0.223 e. The Hall–Kier alpha value is -2.82. The van der Waals surface area contributed by atoms with E-state index in [1.165, 1.54) is 0 Å². The molecule has 0 radical (unpaired) electrons. The summed E-state index contributed by atoms with van der Waals surface area (Å²) in [6, 6.07) is 13.8. The fourth-order valence-corrected chi connectivity index (χ4v) is 3.42. The van der Waals surface area contributed by atoms with E-state index in [1.54, 1.807) is 7.11 Å². The largest absolute Gasteiger partial charge is 0.496 e. The molecule has 5 nitrogen and oxygen atoms in total. The highest BCUT2D eigenvalue weighted by Gasteiger charge is 2.26. The van der Waals surface area contributed by atoms with Crippen molar-refractivity contribution in [2.75, 3.05) is 20.2 Å². The zero-order valence-electron chi connectivity index (χ0n) is 15.6. The number of benzene rings is 1. The second-order valence-corrected chi connectivity index (χ2v) is 6.18. The zero-order valence-corrected chi connectivity index (χ0v) is 15.6. The first-order chi connectivity index (χ1) is 12.7. The van der Waals surface area contributed by atoms with Crippen molar-refractivity contribution in [1.29, 1.82) is 0 Å². The lowest BCUT2D eigenvalue weighted by molar-refractivity contribution is -0.131. The number of fused-ring (bicyclic) bond motifs is 1. The summed E-state index contributed by atoms with van der Waals surface area (Å²) in [7, 11) is 1.66. The third-order valence-electron chi connectivity index (χ3n) is 4.81. The molecule has 1 unspecified atom stereocenters. The molecule has 26 heavy (non-hydrogen) atoms. The van der Waals surface area contributed by atoms with Crippen LogP contribution in [0.4, 0.5) is 0 Å². The van der Waals surface area contributed by atoms with E-state index < -0.39 is 0 Å². The number of hydrogen-bond acceptors (Lipinski definition) is 3. The number of methoxy groups -OCH3 is 1. The van der Waals surface area contributed by atoms with Crippen LogP contribution >= 0.6 is 0 Å². The van der Waals surface area contributed by atoms with Crippen molar-refractivity contribution in [1.82, 2.24) is 14.3 Å². The van der Waals surface area contributed by atoms with E-state index in [4.69, 9.17) is 4.74 Å². The van der Waals surface area contributed by atoms with Crippen LogP contribution in [0.15, 0.2) is 54.9 Å². The van der Waals surface area contributed by atoms with E-state index in [9.17, 15) is 4.79 Å². The molecule has 0 aliphatic rings. The summed E-state index contributed by atoms with van der Waals surface area (Å²) in [5.74, 6) is 0.796. The Morgan fingerprint density at radius 3 is 2.62 bits per heavy atom. The summed E-state index contributed by atoms with van der Waals surface area (Å²) >= 11 is 0. The summed E-state index contributed by atoms with van der Waals surface area (Å²) in [6.45, 7) is 5.43. The number of ether oxygens (including phenoxy) is 1. The van der Waals surface area contributed by atoms with E-state index in [2.05, 4.69) is 4.98 Å². The van der Waals surface area contributed by atoms with Crippen LogP contribution in [-0.4, -0.2) is 40.4 Å². The normalized spacial score (nSPS) is 12.1. The molecule has 3 rings (SSSR count). The van der Waals surface area contributed by atoms with Crippen molar-refractivity contribution >= 4 is 11.6 Å². The fraction of sp³-hybridized carbons (Fsp3) is 0.333. The Bertz CT molecular complexity index is 884. The van der Waals surface area contributed by atoms with Crippen molar-refractivity contribution in [3.8, 4) is 5.75 Å². The van der Waals surface area contributed by atoms with Gasteiger partial charge in [0.25, 0.3) is 0 Å². The minimum atomic E-state index is -0.128. The van der Waals surface area contributed by atoms with Gasteiger partial charge in [-0.1, -0.05) is 24.3 Å². The monoisotopic (exact) mass is 351 g/mol. The van der Waals surface area contributed by atoms with Crippen molar-refractivity contribution in [2.45, 2.75) is 26.2 Å². The SMILES string of the molecule is CCN(CC)C(=O)CC(c1ccccc1OC)c1cnc2ccccn12. The molecular weight excluding hydrogens is 326 g/mol. The van der Waals surface area contributed by atoms with Gasteiger partial charge in [-0.3, -0.25) is 4.79 Å². The van der Waals surface area contributed by atoms with Crippen LogP contribution in [-0.2, 0) is 4.79 Å². The summed E-state index contributed by atoms with van der Waals surface area (Å²) in [6.07, 6.45) is 4.23. The lowest BCUT2D eigenvalue weighted by Gasteiger charge is -2.24. The summed E-state index contributed by atoms with van der Waals surface area (Å²) < 4.78 is 7.62. The fourth-order valence-electron chi connectivity index (χ4n) is 3.42. The van der Waals surface area contributed by atoms with Crippen molar-refractivity contribution in [3.63, 3.8) is 0 Å². The van der Waals surface area contributed by atoms with Gasteiger partial charge in [-0.2, -0.15) is 0 Å². The molecule has 1 atom stereocenters. The summed E-state index contributed by atoms with van der Waals surface area (Å²) in [5, 5.41) is 0. The second kappa shape index (κ2) is 8.04. The number of rotatable bonds is 7. The molecular formula is C21H25N3O2. The van der Waals surface area contributed by atoms with E-state index in [0.717, 1.165) is 22.7 Å². The summed E-state index contributed by atoms with van der Waals surface area (Å²) in [5.41, 5.74) is 2.87. The molecule has 0 aliphatic heterocycles. The van der Waals surface area contributed by atoms with Crippen molar-refractivity contribution in [3.05, 3.63) is 66.1 Å². The number of hydrogen-bond donors (Lipinski definition) is 0. The first-order valence-electron chi connectivity index (χ1n) is 9.02. The first kappa shape index (κ1) is 18.0. The highest BCUT2D eigenvalue weighted by molar-refractivity contribution is 5.78. The van der Waals surface area contributed by atoms with Gasteiger partial charge in [0.1, 0.15) is 11.4 Å². The van der Waals surface area contributed by atoms with Gasteiger partial charge in [0.05, 0.1) is 12.8 Å². The molecule has 2 aromatic heterocycles. The Balaban J connectivity index is 2.09. The lowest BCUT2D eigenvalue weighted by Crippen LogP contribution is -2.32. The number of amides is 1. The number of carbonyl (C=O) groups excluding carboxylic acids is 1.